The largest absolute Gasteiger partial charge is 0.388 e. The fourth-order valence-electron chi connectivity index (χ4n) is 1.96. The van der Waals surface area contributed by atoms with Gasteiger partial charge in [-0.25, -0.2) is 4.39 Å². The number of alkyl halides is 1. The number of benzene rings is 1. The first-order chi connectivity index (χ1) is 8.67. The van der Waals surface area contributed by atoms with E-state index in [9.17, 15) is 4.39 Å². The van der Waals surface area contributed by atoms with Gasteiger partial charge in [-0.15, -0.1) is 0 Å². The summed E-state index contributed by atoms with van der Waals surface area (Å²) in [6.45, 7) is 3.88. The fraction of sp³-hybridized carbons (Fsp3) is 0.375. The molecular weight excluding hydrogens is 225 g/mol. The normalized spacial score (nSPS) is 13.3. The van der Waals surface area contributed by atoms with Crippen LogP contribution in [-0.4, -0.2) is 13.7 Å². The molecule has 0 aliphatic rings. The van der Waals surface area contributed by atoms with Crippen LogP contribution in [0.2, 0.25) is 0 Å². The van der Waals surface area contributed by atoms with E-state index in [0.29, 0.717) is 5.92 Å². The molecule has 0 fully saturated rings. The van der Waals surface area contributed by atoms with Crippen molar-refractivity contribution in [2.75, 3.05) is 19.0 Å². The molecule has 0 aromatic heterocycles. The molecule has 1 aromatic carbocycles. The first kappa shape index (κ1) is 14.5. The lowest BCUT2D eigenvalue weighted by Crippen LogP contribution is -1.98. The summed E-state index contributed by atoms with van der Waals surface area (Å²) in [4.78, 5) is 0. The highest BCUT2D eigenvalue weighted by atomic mass is 19.1. The molecular formula is C16H22FN. The second-order valence-corrected chi connectivity index (χ2v) is 4.55. The van der Waals surface area contributed by atoms with Crippen LogP contribution >= 0.6 is 0 Å². The van der Waals surface area contributed by atoms with E-state index < -0.39 is 6.67 Å². The summed E-state index contributed by atoms with van der Waals surface area (Å²) in [5.41, 5.74) is 3.77. The highest BCUT2D eigenvalue weighted by molar-refractivity contribution is 5.51. The van der Waals surface area contributed by atoms with Crippen molar-refractivity contribution >= 4 is 5.69 Å². The summed E-state index contributed by atoms with van der Waals surface area (Å²) in [5, 5.41) is 3.17. The van der Waals surface area contributed by atoms with Crippen LogP contribution < -0.4 is 5.32 Å². The van der Waals surface area contributed by atoms with Gasteiger partial charge in [0, 0.05) is 12.7 Å². The van der Waals surface area contributed by atoms with Crippen LogP contribution in [0.4, 0.5) is 10.1 Å². The predicted molar refractivity (Wildman–Crippen MR) is 77.8 cm³/mol. The zero-order chi connectivity index (χ0) is 13.4. The summed E-state index contributed by atoms with van der Waals surface area (Å²) in [5.74, 6) is 0.453. The molecule has 98 valence electrons. The van der Waals surface area contributed by atoms with E-state index in [-0.39, 0.29) is 0 Å². The molecule has 1 nitrogen and oxygen atoms in total. The number of halogens is 1. The number of nitrogens with one attached hydrogen (secondary N) is 1. The first-order valence-electron chi connectivity index (χ1n) is 6.34. The molecule has 1 N–H and O–H groups in total. The number of allylic oxidation sites excluding steroid dienone is 4. The van der Waals surface area contributed by atoms with Crippen LogP contribution in [0.25, 0.3) is 0 Å². The Labute approximate surface area is 109 Å². The Hall–Kier alpha value is -1.57. The zero-order valence-electron chi connectivity index (χ0n) is 11.4. The highest BCUT2D eigenvalue weighted by Gasteiger charge is 2.02. The third kappa shape index (κ3) is 4.74. The van der Waals surface area contributed by atoms with Crippen molar-refractivity contribution in [1.82, 2.24) is 0 Å². The van der Waals surface area contributed by atoms with Gasteiger partial charge in [0.05, 0.1) is 0 Å². The van der Waals surface area contributed by atoms with Crippen LogP contribution in [0, 0.1) is 12.8 Å². The van der Waals surface area contributed by atoms with Crippen molar-refractivity contribution in [2.24, 2.45) is 5.92 Å². The molecule has 0 amide bonds. The van der Waals surface area contributed by atoms with Gasteiger partial charge in [0.15, 0.2) is 0 Å². The quantitative estimate of drug-likeness (QED) is 0.739. The number of hydrogen-bond acceptors (Lipinski definition) is 1. The van der Waals surface area contributed by atoms with Gasteiger partial charge < -0.3 is 5.32 Å². The molecule has 0 heterocycles. The molecule has 1 rings (SSSR count). The molecule has 2 heteroatoms. The van der Waals surface area contributed by atoms with Crippen molar-refractivity contribution in [3.05, 3.63) is 53.6 Å². The predicted octanol–water partition coefficient (Wildman–Crippen LogP) is 4.30. The molecule has 0 aliphatic heterocycles. The van der Waals surface area contributed by atoms with Gasteiger partial charge in [-0.1, -0.05) is 43.4 Å². The van der Waals surface area contributed by atoms with Gasteiger partial charge in [0.25, 0.3) is 0 Å². The average Bonchev–Trinajstić information content (AvgIpc) is 2.35. The van der Waals surface area contributed by atoms with Crippen molar-refractivity contribution < 1.29 is 4.39 Å². The summed E-state index contributed by atoms with van der Waals surface area (Å²) in [6.07, 6.45) is 8.29. The minimum absolute atomic E-state index is 0.399. The van der Waals surface area contributed by atoms with Gasteiger partial charge in [0.2, 0.25) is 0 Å². The van der Waals surface area contributed by atoms with Crippen molar-refractivity contribution in [3.63, 3.8) is 0 Å². The van der Waals surface area contributed by atoms with Crippen molar-refractivity contribution in [1.29, 1.82) is 0 Å². The van der Waals surface area contributed by atoms with E-state index in [4.69, 9.17) is 0 Å². The Kier molecular flexibility index (Phi) is 6.20. The fourth-order valence-corrected chi connectivity index (χ4v) is 1.96. The number of hydrogen-bond donors (Lipinski definition) is 1. The minimum atomic E-state index is -0.399. The molecule has 0 spiro atoms. The van der Waals surface area contributed by atoms with Crippen molar-refractivity contribution in [3.8, 4) is 0 Å². The third-order valence-electron chi connectivity index (χ3n) is 2.89. The Morgan fingerprint density at radius 1 is 1.33 bits per heavy atom. The monoisotopic (exact) mass is 247 g/mol. The first-order valence-corrected chi connectivity index (χ1v) is 6.34. The molecule has 0 saturated heterocycles. The molecule has 0 bridgehead atoms. The maximum absolute atomic E-state index is 11.9. The topological polar surface area (TPSA) is 12.0 Å². The molecule has 0 aliphatic carbocycles. The lowest BCUT2D eigenvalue weighted by Gasteiger charge is -2.10. The minimum Gasteiger partial charge on any atom is -0.388 e. The molecule has 1 unspecified atom stereocenters. The Morgan fingerprint density at radius 3 is 2.72 bits per heavy atom. The summed E-state index contributed by atoms with van der Waals surface area (Å²) in [6, 6.07) is 6.48. The number of anilines is 1. The second-order valence-electron chi connectivity index (χ2n) is 4.55. The van der Waals surface area contributed by atoms with E-state index in [1.54, 1.807) is 6.08 Å². The zero-order valence-corrected chi connectivity index (χ0v) is 11.4. The third-order valence-corrected chi connectivity index (χ3v) is 2.89. The van der Waals surface area contributed by atoms with Crippen LogP contribution in [0.1, 0.15) is 18.1 Å². The van der Waals surface area contributed by atoms with Crippen LogP contribution in [0.15, 0.2) is 42.5 Å². The molecule has 0 radical (unpaired) electrons. The molecule has 18 heavy (non-hydrogen) atoms. The van der Waals surface area contributed by atoms with E-state index in [1.807, 2.05) is 13.1 Å². The number of aryl methyl sites for hydroxylation is 1. The second kappa shape index (κ2) is 7.70. The van der Waals surface area contributed by atoms with Crippen LogP contribution in [0.3, 0.4) is 0 Å². The molecule has 1 atom stereocenters. The smallest absolute Gasteiger partial charge is 0.108 e. The van der Waals surface area contributed by atoms with Gasteiger partial charge in [-0.05, 0) is 36.5 Å². The Morgan fingerprint density at radius 2 is 2.11 bits per heavy atom. The van der Waals surface area contributed by atoms with E-state index in [1.165, 1.54) is 22.9 Å². The Balaban J connectivity index is 2.59. The van der Waals surface area contributed by atoms with Gasteiger partial charge >= 0.3 is 0 Å². The van der Waals surface area contributed by atoms with Gasteiger partial charge in [-0.3, -0.25) is 0 Å². The summed E-state index contributed by atoms with van der Waals surface area (Å²) >= 11 is 0. The SMILES string of the molecule is CNc1ccc(CC(C)/C=C\C=C/CF)cc1C. The maximum atomic E-state index is 11.9. The van der Waals surface area contributed by atoms with Crippen molar-refractivity contribution in [2.45, 2.75) is 20.3 Å². The Bertz CT molecular complexity index is 421. The van der Waals surface area contributed by atoms with E-state index in [0.717, 1.165) is 6.42 Å². The van der Waals surface area contributed by atoms with Crippen LogP contribution in [0.5, 0.6) is 0 Å². The summed E-state index contributed by atoms with van der Waals surface area (Å²) < 4.78 is 11.9. The summed E-state index contributed by atoms with van der Waals surface area (Å²) in [7, 11) is 1.94. The lowest BCUT2D eigenvalue weighted by molar-refractivity contribution is 0.562. The lowest BCUT2D eigenvalue weighted by atomic mass is 9.98. The highest BCUT2D eigenvalue weighted by Crippen LogP contribution is 2.18. The average molecular weight is 247 g/mol. The van der Waals surface area contributed by atoms with E-state index >= 15 is 0 Å². The molecule has 1 aromatic rings. The van der Waals surface area contributed by atoms with Crippen LogP contribution in [-0.2, 0) is 6.42 Å². The standard InChI is InChI=1S/C16H22FN/c1-13(7-5-4-6-10-17)11-15-8-9-16(18-3)14(2)12-15/h4-9,12-13,18H,10-11H2,1-3H3/b6-4-,7-5-. The number of rotatable bonds is 6. The van der Waals surface area contributed by atoms with Gasteiger partial charge in [0.1, 0.15) is 6.67 Å². The maximum Gasteiger partial charge on any atom is 0.108 e. The van der Waals surface area contributed by atoms with Gasteiger partial charge in [-0.2, -0.15) is 0 Å². The molecule has 0 saturated carbocycles. The van der Waals surface area contributed by atoms with E-state index in [2.05, 4.69) is 43.4 Å².